The van der Waals surface area contributed by atoms with E-state index in [-0.39, 0.29) is 5.69 Å². The van der Waals surface area contributed by atoms with Gasteiger partial charge in [-0.15, -0.1) is 22.7 Å². The standard InChI is InChI=1S/C18H15ClN2O3S2/c1-10-12(19)5-3-6-13(10)20-16(22)11(2)24-18(23)14-9-26-17(21-14)15-7-4-8-25-15/h3-9,11H,1-2H3,(H,20,22)/t11-/m1/s1. The van der Waals surface area contributed by atoms with E-state index < -0.39 is 18.0 Å². The number of carbonyl (C=O) groups is 2. The Labute approximate surface area is 163 Å². The van der Waals surface area contributed by atoms with Crippen LogP contribution in [0.15, 0.2) is 41.1 Å². The van der Waals surface area contributed by atoms with Crippen LogP contribution in [0.5, 0.6) is 0 Å². The molecule has 1 amide bonds. The third-order valence-electron chi connectivity index (χ3n) is 3.62. The number of nitrogens with zero attached hydrogens (tertiary/aromatic N) is 1. The number of aromatic nitrogens is 1. The second kappa shape index (κ2) is 7.99. The summed E-state index contributed by atoms with van der Waals surface area (Å²) in [6.07, 6.45) is -0.965. The highest BCUT2D eigenvalue weighted by atomic mass is 35.5. The van der Waals surface area contributed by atoms with Crippen LogP contribution in [0.25, 0.3) is 9.88 Å². The number of hydrogen-bond acceptors (Lipinski definition) is 6. The Balaban J connectivity index is 1.63. The molecule has 0 saturated carbocycles. The van der Waals surface area contributed by atoms with E-state index in [9.17, 15) is 9.59 Å². The minimum absolute atomic E-state index is 0.192. The van der Waals surface area contributed by atoms with E-state index in [2.05, 4.69) is 10.3 Å². The van der Waals surface area contributed by atoms with E-state index >= 15 is 0 Å². The first-order valence-corrected chi connectivity index (χ1v) is 9.86. The van der Waals surface area contributed by atoms with Crippen molar-refractivity contribution in [1.29, 1.82) is 0 Å². The van der Waals surface area contributed by atoms with Gasteiger partial charge in [-0.25, -0.2) is 9.78 Å². The maximum Gasteiger partial charge on any atom is 0.358 e. The van der Waals surface area contributed by atoms with Crippen LogP contribution in [0.3, 0.4) is 0 Å². The Hall–Kier alpha value is -2.22. The summed E-state index contributed by atoms with van der Waals surface area (Å²) in [5.41, 5.74) is 1.53. The van der Waals surface area contributed by atoms with Gasteiger partial charge in [0.1, 0.15) is 5.01 Å². The van der Waals surface area contributed by atoms with Gasteiger partial charge in [0, 0.05) is 16.1 Å². The number of ether oxygens (including phenoxy) is 1. The molecule has 2 heterocycles. The molecule has 1 aromatic carbocycles. The van der Waals surface area contributed by atoms with Crippen molar-refractivity contribution in [2.75, 3.05) is 5.32 Å². The third-order valence-corrected chi connectivity index (χ3v) is 5.91. The van der Waals surface area contributed by atoms with E-state index in [1.165, 1.54) is 18.3 Å². The van der Waals surface area contributed by atoms with E-state index in [1.807, 2.05) is 17.5 Å². The van der Waals surface area contributed by atoms with Crippen LogP contribution in [-0.4, -0.2) is 23.0 Å². The Morgan fingerprint density at radius 3 is 2.77 bits per heavy atom. The number of benzene rings is 1. The van der Waals surface area contributed by atoms with Crippen LogP contribution < -0.4 is 5.32 Å². The molecule has 5 nitrogen and oxygen atoms in total. The molecule has 1 atom stereocenters. The molecule has 134 valence electrons. The van der Waals surface area contributed by atoms with Crippen molar-refractivity contribution in [2.45, 2.75) is 20.0 Å². The maximum absolute atomic E-state index is 12.3. The van der Waals surface area contributed by atoms with Gasteiger partial charge in [-0.3, -0.25) is 4.79 Å². The molecule has 0 unspecified atom stereocenters. The van der Waals surface area contributed by atoms with Gasteiger partial charge in [-0.1, -0.05) is 23.7 Å². The van der Waals surface area contributed by atoms with Gasteiger partial charge in [-0.05, 0) is 43.0 Å². The number of nitrogens with one attached hydrogen (secondary N) is 1. The predicted molar refractivity (Wildman–Crippen MR) is 105 cm³/mol. The zero-order valence-electron chi connectivity index (χ0n) is 14.0. The number of halogens is 1. The zero-order chi connectivity index (χ0) is 18.7. The van der Waals surface area contributed by atoms with Gasteiger partial charge >= 0.3 is 5.97 Å². The van der Waals surface area contributed by atoms with Crippen LogP contribution in [0.1, 0.15) is 23.0 Å². The molecule has 8 heteroatoms. The molecule has 0 bridgehead atoms. The second-order valence-electron chi connectivity index (χ2n) is 5.46. The fraction of sp³-hybridized carbons (Fsp3) is 0.167. The lowest BCUT2D eigenvalue weighted by Crippen LogP contribution is -2.30. The van der Waals surface area contributed by atoms with Crippen molar-refractivity contribution in [3.05, 3.63) is 57.4 Å². The van der Waals surface area contributed by atoms with Crippen LogP contribution in [0.4, 0.5) is 5.69 Å². The molecule has 3 aromatic rings. The van der Waals surface area contributed by atoms with Crippen LogP contribution in [0, 0.1) is 6.92 Å². The van der Waals surface area contributed by atoms with Gasteiger partial charge in [0.25, 0.3) is 5.91 Å². The average Bonchev–Trinajstić information content (AvgIpc) is 3.29. The highest BCUT2D eigenvalue weighted by Gasteiger charge is 2.22. The van der Waals surface area contributed by atoms with Crippen LogP contribution >= 0.6 is 34.3 Å². The lowest BCUT2D eigenvalue weighted by molar-refractivity contribution is -0.123. The number of thiophene rings is 1. The normalized spacial score (nSPS) is 11.8. The number of carbonyl (C=O) groups excluding carboxylic acids is 2. The fourth-order valence-electron chi connectivity index (χ4n) is 2.13. The van der Waals surface area contributed by atoms with Crippen molar-refractivity contribution in [3.63, 3.8) is 0 Å². The van der Waals surface area contributed by atoms with Crippen LogP contribution in [0.2, 0.25) is 5.02 Å². The van der Waals surface area contributed by atoms with Gasteiger partial charge in [0.2, 0.25) is 0 Å². The minimum atomic E-state index is -0.965. The molecular weight excluding hydrogens is 392 g/mol. The summed E-state index contributed by atoms with van der Waals surface area (Å²) in [5.74, 6) is -1.06. The Bertz CT molecular complexity index is 938. The second-order valence-corrected chi connectivity index (χ2v) is 7.68. The maximum atomic E-state index is 12.3. The Kier molecular flexibility index (Phi) is 5.70. The van der Waals surface area contributed by atoms with E-state index in [0.717, 1.165) is 15.4 Å². The molecule has 0 radical (unpaired) electrons. The molecule has 0 aliphatic heterocycles. The monoisotopic (exact) mass is 406 g/mol. The molecule has 0 aliphatic rings. The molecule has 3 rings (SSSR count). The number of anilines is 1. The molecule has 0 saturated heterocycles. The van der Waals surface area contributed by atoms with E-state index in [4.69, 9.17) is 16.3 Å². The van der Waals surface area contributed by atoms with Crippen LogP contribution in [-0.2, 0) is 9.53 Å². The first-order chi connectivity index (χ1) is 12.5. The predicted octanol–water partition coefficient (Wildman–Crippen LogP) is 5.02. The molecule has 26 heavy (non-hydrogen) atoms. The summed E-state index contributed by atoms with van der Waals surface area (Å²) in [5, 5.41) is 7.59. The average molecular weight is 407 g/mol. The summed E-state index contributed by atoms with van der Waals surface area (Å²) < 4.78 is 5.23. The SMILES string of the molecule is Cc1c(Cl)cccc1NC(=O)[C@@H](C)OC(=O)c1csc(-c2cccs2)n1. The quantitative estimate of drug-likeness (QED) is 0.604. The Morgan fingerprint density at radius 1 is 1.23 bits per heavy atom. The van der Waals surface area contributed by atoms with Crippen molar-refractivity contribution in [2.24, 2.45) is 0 Å². The highest BCUT2D eigenvalue weighted by Crippen LogP contribution is 2.28. The molecule has 2 aromatic heterocycles. The van der Waals surface area contributed by atoms with Gasteiger partial charge in [0.15, 0.2) is 11.8 Å². The van der Waals surface area contributed by atoms with Crippen molar-refractivity contribution in [3.8, 4) is 9.88 Å². The topological polar surface area (TPSA) is 68.3 Å². The first kappa shape index (κ1) is 18.6. The van der Waals surface area contributed by atoms with Gasteiger partial charge < -0.3 is 10.1 Å². The third kappa shape index (κ3) is 4.12. The number of esters is 1. The zero-order valence-corrected chi connectivity index (χ0v) is 16.4. The lowest BCUT2D eigenvalue weighted by atomic mass is 10.2. The van der Waals surface area contributed by atoms with Crippen molar-refractivity contribution in [1.82, 2.24) is 4.98 Å². The molecular formula is C18H15ClN2O3S2. The fourth-order valence-corrected chi connectivity index (χ4v) is 3.91. The molecule has 0 fully saturated rings. The van der Waals surface area contributed by atoms with Crippen molar-refractivity contribution >= 4 is 51.8 Å². The summed E-state index contributed by atoms with van der Waals surface area (Å²) in [6.45, 7) is 3.32. The lowest BCUT2D eigenvalue weighted by Gasteiger charge is -2.14. The highest BCUT2D eigenvalue weighted by molar-refractivity contribution is 7.20. The minimum Gasteiger partial charge on any atom is -0.448 e. The number of amides is 1. The van der Waals surface area contributed by atoms with Gasteiger partial charge in [0.05, 0.1) is 4.88 Å². The molecule has 0 aliphatic carbocycles. The number of thiazole rings is 1. The number of hydrogen-bond donors (Lipinski definition) is 1. The molecule has 1 N–H and O–H groups in total. The van der Waals surface area contributed by atoms with Gasteiger partial charge in [-0.2, -0.15) is 0 Å². The number of rotatable bonds is 5. The first-order valence-electron chi connectivity index (χ1n) is 7.72. The Morgan fingerprint density at radius 2 is 2.04 bits per heavy atom. The largest absolute Gasteiger partial charge is 0.448 e. The van der Waals surface area contributed by atoms with E-state index in [1.54, 1.807) is 41.8 Å². The smallest absolute Gasteiger partial charge is 0.358 e. The van der Waals surface area contributed by atoms with Crippen molar-refractivity contribution < 1.29 is 14.3 Å². The molecule has 0 spiro atoms. The van der Waals surface area contributed by atoms with E-state index in [0.29, 0.717) is 10.7 Å². The summed E-state index contributed by atoms with van der Waals surface area (Å²) in [4.78, 5) is 29.8. The summed E-state index contributed by atoms with van der Waals surface area (Å²) in [7, 11) is 0. The summed E-state index contributed by atoms with van der Waals surface area (Å²) in [6, 6.07) is 9.07. The summed E-state index contributed by atoms with van der Waals surface area (Å²) >= 11 is 8.95.